The summed E-state index contributed by atoms with van der Waals surface area (Å²) in [6, 6.07) is 3.93. The molecular formula is C12H22ClN3O. The highest BCUT2D eigenvalue weighted by atomic mass is 35.5. The Labute approximate surface area is 110 Å². The number of pyridine rings is 1. The first-order valence-corrected chi connectivity index (χ1v) is 5.50. The highest BCUT2D eigenvalue weighted by Gasteiger charge is 2.04. The zero-order valence-corrected chi connectivity index (χ0v) is 11.8. The maximum atomic E-state index is 5.23. The van der Waals surface area contributed by atoms with Crippen molar-refractivity contribution >= 4 is 12.4 Å². The van der Waals surface area contributed by atoms with Gasteiger partial charge in [0, 0.05) is 37.5 Å². The Morgan fingerprint density at radius 2 is 2.12 bits per heavy atom. The zero-order valence-electron chi connectivity index (χ0n) is 11.0. The molecule has 0 aromatic carbocycles. The lowest BCUT2D eigenvalue weighted by Crippen LogP contribution is -2.27. The molecule has 5 heteroatoms. The van der Waals surface area contributed by atoms with Crippen molar-refractivity contribution in [2.75, 3.05) is 34.3 Å². The Balaban J connectivity index is 0.00000256. The number of nitrogens with one attached hydrogen (secondary N) is 1. The molecule has 0 bridgehead atoms. The van der Waals surface area contributed by atoms with Gasteiger partial charge in [-0.05, 0) is 21.0 Å². The number of rotatable bonds is 6. The number of hydrogen-bond donors (Lipinski definition) is 1. The molecule has 0 aliphatic rings. The molecule has 0 radical (unpaired) electrons. The van der Waals surface area contributed by atoms with Gasteiger partial charge in [-0.25, -0.2) is 0 Å². The van der Waals surface area contributed by atoms with Crippen LogP contribution < -0.4 is 10.1 Å². The quantitative estimate of drug-likeness (QED) is 0.840. The van der Waals surface area contributed by atoms with Crippen molar-refractivity contribution in [2.45, 2.75) is 13.5 Å². The van der Waals surface area contributed by atoms with Crippen LogP contribution in [0.4, 0.5) is 0 Å². The fourth-order valence-corrected chi connectivity index (χ4v) is 1.56. The lowest BCUT2D eigenvalue weighted by atomic mass is 10.3. The fourth-order valence-electron chi connectivity index (χ4n) is 1.56. The lowest BCUT2D eigenvalue weighted by molar-refractivity contribution is 0.323. The molecule has 0 aliphatic carbocycles. The highest BCUT2D eigenvalue weighted by Crippen LogP contribution is 2.14. The van der Waals surface area contributed by atoms with Gasteiger partial charge in [-0.2, -0.15) is 0 Å². The largest absolute Gasteiger partial charge is 0.497 e. The van der Waals surface area contributed by atoms with Crippen molar-refractivity contribution < 1.29 is 4.74 Å². The number of halogens is 1. The minimum atomic E-state index is 0. The van der Waals surface area contributed by atoms with Gasteiger partial charge in [-0.3, -0.25) is 9.88 Å². The summed E-state index contributed by atoms with van der Waals surface area (Å²) >= 11 is 0. The molecule has 0 spiro atoms. The molecule has 1 N–H and O–H groups in total. The highest BCUT2D eigenvalue weighted by molar-refractivity contribution is 5.85. The van der Waals surface area contributed by atoms with Crippen LogP contribution in [-0.4, -0.2) is 44.2 Å². The molecule has 0 amide bonds. The second-order valence-corrected chi connectivity index (χ2v) is 3.98. The standard InChI is InChI=1S/C12H21N3O.ClH/c1-10-7-12(16-4)8-11(14-10)9-15(3)6-5-13-2;/h7-8,13H,5-6,9H2,1-4H3;1H. The van der Waals surface area contributed by atoms with Gasteiger partial charge >= 0.3 is 0 Å². The van der Waals surface area contributed by atoms with Gasteiger partial charge in [-0.15, -0.1) is 12.4 Å². The van der Waals surface area contributed by atoms with Gasteiger partial charge in [0.15, 0.2) is 0 Å². The average molecular weight is 260 g/mol. The molecule has 1 aromatic rings. The van der Waals surface area contributed by atoms with Crippen LogP contribution in [0.3, 0.4) is 0 Å². The second-order valence-electron chi connectivity index (χ2n) is 3.98. The zero-order chi connectivity index (χ0) is 12.0. The van der Waals surface area contributed by atoms with E-state index in [4.69, 9.17) is 4.74 Å². The van der Waals surface area contributed by atoms with E-state index in [1.54, 1.807) is 7.11 Å². The minimum Gasteiger partial charge on any atom is -0.497 e. The lowest BCUT2D eigenvalue weighted by Gasteiger charge is -2.16. The van der Waals surface area contributed by atoms with E-state index in [0.29, 0.717) is 0 Å². The first kappa shape index (κ1) is 16.2. The Morgan fingerprint density at radius 1 is 1.41 bits per heavy atom. The fraction of sp³-hybridized carbons (Fsp3) is 0.583. The first-order chi connectivity index (χ1) is 7.65. The van der Waals surface area contributed by atoms with Crippen LogP contribution >= 0.6 is 12.4 Å². The predicted octanol–water partition coefficient (Wildman–Crippen LogP) is 1.47. The van der Waals surface area contributed by atoms with Crippen molar-refractivity contribution in [3.8, 4) is 5.75 Å². The van der Waals surface area contributed by atoms with Crippen LogP contribution in [0.2, 0.25) is 0 Å². The molecule has 17 heavy (non-hydrogen) atoms. The van der Waals surface area contributed by atoms with E-state index in [0.717, 1.165) is 36.8 Å². The van der Waals surface area contributed by atoms with E-state index in [2.05, 4.69) is 22.2 Å². The first-order valence-electron chi connectivity index (χ1n) is 5.50. The number of aromatic nitrogens is 1. The van der Waals surface area contributed by atoms with Crippen LogP contribution in [0.1, 0.15) is 11.4 Å². The number of methoxy groups -OCH3 is 1. The van der Waals surface area contributed by atoms with Gasteiger partial charge in [0.2, 0.25) is 0 Å². The van der Waals surface area contributed by atoms with Crippen LogP contribution in [0, 0.1) is 6.92 Å². The summed E-state index contributed by atoms with van der Waals surface area (Å²) in [4.78, 5) is 6.72. The van der Waals surface area contributed by atoms with E-state index in [-0.39, 0.29) is 12.4 Å². The SMILES string of the molecule is CNCCN(C)Cc1cc(OC)cc(C)n1.Cl. The third-order valence-electron chi connectivity index (χ3n) is 2.39. The number of ether oxygens (including phenoxy) is 1. The molecule has 1 aromatic heterocycles. The molecule has 0 unspecified atom stereocenters. The van der Waals surface area contributed by atoms with E-state index in [1.165, 1.54) is 0 Å². The van der Waals surface area contributed by atoms with Gasteiger partial charge in [0.25, 0.3) is 0 Å². The molecule has 0 fully saturated rings. The summed E-state index contributed by atoms with van der Waals surface area (Å²) in [7, 11) is 5.74. The topological polar surface area (TPSA) is 37.4 Å². The Bertz CT molecular complexity index is 334. The Kier molecular flexibility index (Phi) is 7.87. The molecule has 98 valence electrons. The number of hydrogen-bond acceptors (Lipinski definition) is 4. The number of nitrogens with zero attached hydrogens (tertiary/aromatic N) is 2. The summed E-state index contributed by atoms with van der Waals surface area (Å²) in [6.45, 7) is 4.83. The Morgan fingerprint density at radius 3 is 2.71 bits per heavy atom. The van der Waals surface area contributed by atoms with Gasteiger partial charge in [0.1, 0.15) is 5.75 Å². The van der Waals surface area contributed by atoms with Crippen molar-refractivity contribution in [3.63, 3.8) is 0 Å². The van der Waals surface area contributed by atoms with E-state index < -0.39 is 0 Å². The average Bonchev–Trinajstić information content (AvgIpc) is 2.25. The van der Waals surface area contributed by atoms with E-state index in [9.17, 15) is 0 Å². The summed E-state index contributed by atoms with van der Waals surface area (Å²) in [6.07, 6.45) is 0. The second kappa shape index (κ2) is 8.28. The summed E-state index contributed by atoms with van der Waals surface area (Å²) in [5, 5.41) is 3.13. The maximum Gasteiger partial charge on any atom is 0.122 e. The number of aryl methyl sites for hydroxylation is 1. The smallest absolute Gasteiger partial charge is 0.122 e. The van der Waals surface area contributed by atoms with Crippen molar-refractivity contribution in [2.24, 2.45) is 0 Å². The van der Waals surface area contributed by atoms with E-state index >= 15 is 0 Å². The molecule has 1 rings (SSSR count). The molecule has 0 saturated carbocycles. The van der Waals surface area contributed by atoms with Gasteiger partial charge in [0.05, 0.1) is 12.8 Å². The third kappa shape index (κ3) is 5.86. The van der Waals surface area contributed by atoms with Crippen LogP contribution in [0.25, 0.3) is 0 Å². The van der Waals surface area contributed by atoms with Gasteiger partial charge in [-0.1, -0.05) is 0 Å². The molecule has 0 aliphatic heterocycles. The number of likely N-dealkylation sites (N-methyl/N-ethyl adjacent to an activating group) is 2. The van der Waals surface area contributed by atoms with Crippen molar-refractivity contribution in [1.82, 2.24) is 15.2 Å². The monoisotopic (exact) mass is 259 g/mol. The third-order valence-corrected chi connectivity index (χ3v) is 2.39. The van der Waals surface area contributed by atoms with Gasteiger partial charge < -0.3 is 10.1 Å². The van der Waals surface area contributed by atoms with E-state index in [1.807, 2.05) is 26.1 Å². The molecule has 0 saturated heterocycles. The normalized spacial score (nSPS) is 10.2. The molecule has 4 nitrogen and oxygen atoms in total. The minimum absolute atomic E-state index is 0. The summed E-state index contributed by atoms with van der Waals surface area (Å²) in [5.74, 6) is 0.879. The van der Waals surface area contributed by atoms with Crippen molar-refractivity contribution in [1.29, 1.82) is 0 Å². The van der Waals surface area contributed by atoms with Crippen LogP contribution in [-0.2, 0) is 6.54 Å². The Hall–Kier alpha value is -0.840. The van der Waals surface area contributed by atoms with Crippen molar-refractivity contribution in [3.05, 3.63) is 23.5 Å². The predicted molar refractivity (Wildman–Crippen MR) is 73.0 cm³/mol. The van der Waals surface area contributed by atoms with Crippen LogP contribution in [0.5, 0.6) is 5.75 Å². The molecule has 0 atom stereocenters. The summed E-state index contributed by atoms with van der Waals surface area (Å²) in [5.41, 5.74) is 2.05. The molecule has 1 heterocycles. The summed E-state index contributed by atoms with van der Waals surface area (Å²) < 4.78 is 5.23. The molecular weight excluding hydrogens is 238 g/mol. The maximum absolute atomic E-state index is 5.23. The van der Waals surface area contributed by atoms with Crippen LogP contribution in [0.15, 0.2) is 12.1 Å².